The number of rotatable bonds is 7. The van der Waals surface area contributed by atoms with Gasteiger partial charge in [-0.25, -0.2) is 0 Å². The summed E-state index contributed by atoms with van der Waals surface area (Å²) in [6, 6.07) is 13.9. The monoisotopic (exact) mass is 248 g/mol. The molecular weight excluding hydrogens is 220 g/mol. The second kappa shape index (κ2) is 7.00. The van der Waals surface area contributed by atoms with Gasteiger partial charge in [0.05, 0.1) is 8.07 Å². The Morgan fingerprint density at radius 1 is 0.765 bits per heavy atom. The third kappa shape index (κ3) is 3.70. The highest BCUT2D eigenvalue weighted by molar-refractivity contribution is 6.91. The first-order chi connectivity index (χ1) is 8.18. The van der Waals surface area contributed by atoms with Gasteiger partial charge in [-0.15, -0.1) is 0 Å². The molecule has 1 rings (SSSR count). The van der Waals surface area contributed by atoms with E-state index in [9.17, 15) is 0 Å². The predicted octanol–water partition coefficient (Wildman–Crippen LogP) is 4.88. The van der Waals surface area contributed by atoms with Crippen molar-refractivity contribution in [3.8, 4) is 0 Å². The molecule has 1 aromatic rings. The maximum absolute atomic E-state index is 2.42. The van der Waals surface area contributed by atoms with Gasteiger partial charge in [0.25, 0.3) is 0 Å². The van der Waals surface area contributed by atoms with Crippen molar-refractivity contribution in [2.75, 3.05) is 0 Å². The summed E-state index contributed by atoms with van der Waals surface area (Å²) in [5.41, 5.74) is 1.39. The lowest BCUT2D eigenvalue weighted by Crippen LogP contribution is -2.47. The van der Waals surface area contributed by atoms with Crippen molar-refractivity contribution >= 4 is 13.3 Å². The summed E-state index contributed by atoms with van der Waals surface area (Å²) in [5, 5.41) is 1.70. The highest BCUT2D eigenvalue weighted by atomic mass is 28.3. The summed E-state index contributed by atoms with van der Waals surface area (Å²) >= 11 is 0. The SMILES string of the molecule is CCC[Si](CCC)(CCC)c1ccc(C)cc1. The van der Waals surface area contributed by atoms with E-state index < -0.39 is 8.07 Å². The molecule has 0 aliphatic heterocycles. The first kappa shape index (κ1) is 14.5. The summed E-state index contributed by atoms with van der Waals surface area (Å²) in [7, 11) is -1.19. The van der Waals surface area contributed by atoms with Crippen molar-refractivity contribution in [1.29, 1.82) is 0 Å². The molecule has 0 radical (unpaired) electrons. The Morgan fingerprint density at radius 2 is 1.18 bits per heavy atom. The Bertz CT molecular complexity index is 296. The Hall–Kier alpha value is -0.563. The Kier molecular flexibility index (Phi) is 5.97. The minimum Gasteiger partial charge on any atom is -0.0656 e. The summed E-state index contributed by atoms with van der Waals surface area (Å²) in [4.78, 5) is 0. The van der Waals surface area contributed by atoms with E-state index in [-0.39, 0.29) is 0 Å². The lowest BCUT2D eigenvalue weighted by Gasteiger charge is -2.32. The molecule has 0 aromatic heterocycles. The first-order valence-electron chi connectivity index (χ1n) is 7.25. The van der Waals surface area contributed by atoms with Crippen LogP contribution in [-0.2, 0) is 0 Å². The molecule has 0 heterocycles. The molecule has 0 aliphatic carbocycles. The van der Waals surface area contributed by atoms with Crippen molar-refractivity contribution in [3.05, 3.63) is 29.8 Å². The van der Waals surface area contributed by atoms with Gasteiger partial charge in [0.2, 0.25) is 0 Å². The van der Waals surface area contributed by atoms with Crippen LogP contribution in [0.3, 0.4) is 0 Å². The molecule has 0 bridgehead atoms. The summed E-state index contributed by atoms with van der Waals surface area (Å²) in [5.74, 6) is 0. The van der Waals surface area contributed by atoms with Crippen molar-refractivity contribution in [2.24, 2.45) is 0 Å². The molecule has 0 unspecified atom stereocenters. The molecule has 0 amide bonds. The standard InChI is InChI=1S/C16H28Si/c1-5-12-17(13-6-2,14-7-3)16-10-8-15(4)9-11-16/h8-11H,5-7,12-14H2,1-4H3. The summed E-state index contributed by atoms with van der Waals surface area (Å²) in [6.45, 7) is 9.23. The Morgan fingerprint density at radius 3 is 1.53 bits per heavy atom. The van der Waals surface area contributed by atoms with E-state index in [0.717, 1.165) is 0 Å². The topological polar surface area (TPSA) is 0 Å². The fourth-order valence-corrected chi connectivity index (χ4v) is 8.51. The average Bonchev–Trinajstić information content (AvgIpc) is 2.30. The van der Waals surface area contributed by atoms with Gasteiger partial charge >= 0.3 is 0 Å². The molecule has 0 spiro atoms. The third-order valence-corrected chi connectivity index (χ3v) is 9.78. The van der Waals surface area contributed by atoms with Crippen LogP contribution in [0.4, 0.5) is 0 Å². The smallest absolute Gasteiger partial charge is 0.0656 e. The molecule has 17 heavy (non-hydrogen) atoms. The van der Waals surface area contributed by atoms with Gasteiger partial charge in [-0.05, 0) is 6.92 Å². The number of hydrogen-bond acceptors (Lipinski definition) is 0. The summed E-state index contributed by atoms with van der Waals surface area (Å²) in [6.07, 6.45) is 4.04. The molecular formula is C16H28Si. The first-order valence-corrected chi connectivity index (χ1v) is 9.87. The van der Waals surface area contributed by atoms with Crippen LogP contribution in [-0.4, -0.2) is 8.07 Å². The minimum absolute atomic E-state index is 1.19. The predicted molar refractivity (Wildman–Crippen MR) is 81.9 cm³/mol. The second-order valence-corrected chi connectivity index (χ2v) is 10.0. The zero-order valence-electron chi connectivity index (χ0n) is 12.1. The van der Waals surface area contributed by atoms with Gasteiger partial charge in [-0.3, -0.25) is 0 Å². The molecule has 1 aromatic carbocycles. The van der Waals surface area contributed by atoms with E-state index in [1.165, 1.54) is 43.0 Å². The Labute approximate surface area is 108 Å². The van der Waals surface area contributed by atoms with Crippen LogP contribution in [0.25, 0.3) is 0 Å². The van der Waals surface area contributed by atoms with Gasteiger partial charge in [0.1, 0.15) is 0 Å². The second-order valence-electron chi connectivity index (χ2n) is 5.40. The van der Waals surface area contributed by atoms with Crippen LogP contribution in [0.1, 0.15) is 45.6 Å². The van der Waals surface area contributed by atoms with Gasteiger partial charge in [-0.2, -0.15) is 0 Å². The average molecular weight is 248 g/mol. The van der Waals surface area contributed by atoms with Crippen molar-refractivity contribution in [2.45, 2.75) is 65.1 Å². The van der Waals surface area contributed by atoms with E-state index in [1.54, 1.807) is 5.19 Å². The van der Waals surface area contributed by atoms with E-state index >= 15 is 0 Å². The van der Waals surface area contributed by atoms with Gasteiger partial charge in [0, 0.05) is 0 Å². The van der Waals surface area contributed by atoms with Crippen LogP contribution in [0.5, 0.6) is 0 Å². The van der Waals surface area contributed by atoms with Gasteiger partial charge in [0.15, 0.2) is 0 Å². The normalized spacial score (nSPS) is 11.8. The zero-order valence-corrected chi connectivity index (χ0v) is 13.1. The number of benzene rings is 1. The lowest BCUT2D eigenvalue weighted by atomic mass is 10.2. The van der Waals surface area contributed by atoms with Crippen LogP contribution < -0.4 is 5.19 Å². The minimum atomic E-state index is -1.19. The number of aryl methyl sites for hydroxylation is 1. The molecule has 0 saturated carbocycles. The van der Waals surface area contributed by atoms with E-state index in [1.807, 2.05) is 0 Å². The summed E-state index contributed by atoms with van der Waals surface area (Å²) < 4.78 is 0. The zero-order chi connectivity index (χ0) is 12.7. The molecule has 0 fully saturated rings. The highest BCUT2D eigenvalue weighted by Gasteiger charge is 2.31. The maximum atomic E-state index is 2.42. The van der Waals surface area contributed by atoms with Crippen molar-refractivity contribution in [1.82, 2.24) is 0 Å². The highest BCUT2D eigenvalue weighted by Crippen LogP contribution is 2.26. The fourth-order valence-electron chi connectivity index (χ4n) is 3.15. The van der Waals surface area contributed by atoms with Crippen LogP contribution in [0, 0.1) is 6.92 Å². The number of hydrogen-bond donors (Lipinski definition) is 0. The Balaban J connectivity index is 3.04. The molecule has 0 atom stereocenters. The van der Waals surface area contributed by atoms with Gasteiger partial charge in [-0.1, -0.05) is 93.2 Å². The van der Waals surface area contributed by atoms with Crippen molar-refractivity contribution in [3.63, 3.8) is 0 Å². The third-order valence-electron chi connectivity index (χ3n) is 3.85. The van der Waals surface area contributed by atoms with Crippen LogP contribution in [0.15, 0.2) is 24.3 Å². The van der Waals surface area contributed by atoms with E-state index in [2.05, 4.69) is 52.0 Å². The molecule has 0 aliphatic rings. The fraction of sp³-hybridized carbons (Fsp3) is 0.625. The van der Waals surface area contributed by atoms with E-state index in [4.69, 9.17) is 0 Å². The van der Waals surface area contributed by atoms with Gasteiger partial charge < -0.3 is 0 Å². The molecule has 0 saturated heterocycles. The van der Waals surface area contributed by atoms with E-state index in [0.29, 0.717) is 0 Å². The van der Waals surface area contributed by atoms with Crippen LogP contribution in [0.2, 0.25) is 18.1 Å². The molecule has 96 valence electrons. The maximum Gasteiger partial charge on any atom is 0.0866 e. The molecule has 0 nitrogen and oxygen atoms in total. The van der Waals surface area contributed by atoms with Crippen LogP contribution >= 0.6 is 0 Å². The largest absolute Gasteiger partial charge is 0.0866 e. The molecule has 0 N–H and O–H groups in total. The molecule has 1 heteroatoms. The quantitative estimate of drug-likeness (QED) is 0.603. The lowest BCUT2D eigenvalue weighted by molar-refractivity contribution is 0.937. The van der Waals surface area contributed by atoms with Crippen molar-refractivity contribution < 1.29 is 0 Å².